The van der Waals surface area contributed by atoms with Gasteiger partial charge in [-0.05, 0) is 13.0 Å². The second-order valence-corrected chi connectivity index (χ2v) is 5.33. The van der Waals surface area contributed by atoms with Crippen LogP contribution in [0.5, 0.6) is 11.5 Å². The molecule has 1 aliphatic rings. The lowest BCUT2D eigenvalue weighted by atomic mass is 9.88. The number of benzene rings is 1. The van der Waals surface area contributed by atoms with Crippen LogP contribution >= 0.6 is 0 Å². The lowest BCUT2D eigenvalue weighted by molar-refractivity contribution is -0.0999. The summed E-state index contributed by atoms with van der Waals surface area (Å²) in [7, 11) is 1.59. The normalized spacial score (nSPS) is 19.1. The van der Waals surface area contributed by atoms with Crippen LogP contribution in [0.2, 0.25) is 0 Å². The number of nitrogens with one attached hydrogen (secondary N) is 1. The second-order valence-electron chi connectivity index (χ2n) is 5.33. The minimum atomic E-state index is 0.105. The van der Waals surface area contributed by atoms with Crippen molar-refractivity contribution in [2.24, 2.45) is 5.41 Å². The highest BCUT2D eigenvalue weighted by Gasteiger charge is 2.33. The summed E-state index contributed by atoms with van der Waals surface area (Å²) < 4.78 is 10.3. The maximum absolute atomic E-state index is 9.95. The van der Waals surface area contributed by atoms with Gasteiger partial charge in [0, 0.05) is 29.6 Å². The molecule has 0 aliphatic carbocycles. The SMILES string of the molecule is COc1ccc(C(C)NCC2(C)COC2)c(O)c1. The Balaban J connectivity index is 1.97. The molecule has 100 valence electrons. The summed E-state index contributed by atoms with van der Waals surface area (Å²) in [6, 6.07) is 5.50. The minimum absolute atomic E-state index is 0.105. The molecule has 1 saturated heterocycles. The third kappa shape index (κ3) is 2.76. The summed E-state index contributed by atoms with van der Waals surface area (Å²) in [5, 5.41) is 13.4. The highest BCUT2D eigenvalue weighted by atomic mass is 16.5. The molecule has 1 heterocycles. The summed E-state index contributed by atoms with van der Waals surface area (Å²) in [5.41, 5.74) is 1.12. The Morgan fingerprint density at radius 3 is 2.72 bits per heavy atom. The average molecular weight is 251 g/mol. The molecule has 2 N–H and O–H groups in total. The number of hydrogen-bond acceptors (Lipinski definition) is 4. The van der Waals surface area contributed by atoms with Crippen LogP contribution in [0.25, 0.3) is 0 Å². The molecule has 2 rings (SSSR count). The molecule has 1 fully saturated rings. The van der Waals surface area contributed by atoms with Crippen molar-refractivity contribution in [3.05, 3.63) is 23.8 Å². The van der Waals surface area contributed by atoms with Gasteiger partial charge in [-0.1, -0.05) is 13.0 Å². The van der Waals surface area contributed by atoms with Crippen molar-refractivity contribution in [2.45, 2.75) is 19.9 Å². The Kier molecular flexibility index (Phi) is 3.78. The van der Waals surface area contributed by atoms with E-state index in [2.05, 4.69) is 12.2 Å². The Bertz CT molecular complexity index is 416. The second kappa shape index (κ2) is 5.16. The van der Waals surface area contributed by atoms with Gasteiger partial charge in [0.1, 0.15) is 11.5 Å². The van der Waals surface area contributed by atoms with E-state index in [0.717, 1.165) is 25.3 Å². The topological polar surface area (TPSA) is 50.7 Å². The van der Waals surface area contributed by atoms with Crippen LogP contribution in [0.15, 0.2) is 18.2 Å². The molecular formula is C14H21NO3. The number of methoxy groups -OCH3 is 1. The smallest absolute Gasteiger partial charge is 0.124 e. The van der Waals surface area contributed by atoms with E-state index in [4.69, 9.17) is 9.47 Å². The predicted octanol–water partition coefficient (Wildman–Crippen LogP) is 2.09. The van der Waals surface area contributed by atoms with Crippen LogP contribution in [0.1, 0.15) is 25.5 Å². The first-order chi connectivity index (χ1) is 8.54. The molecule has 1 aromatic rings. The average Bonchev–Trinajstić information content (AvgIpc) is 2.33. The molecule has 1 aliphatic heterocycles. The standard InChI is InChI=1S/C14H21NO3/c1-10(15-7-14(2)8-18-9-14)12-5-4-11(17-3)6-13(12)16/h4-6,10,15-16H,7-9H2,1-3H3. The fourth-order valence-corrected chi connectivity index (χ4v) is 2.08. The predicted molar refractivity (Wildman–Crippen MR) is 70.0 cm³/mol. The van der Waals surface area contributed by atoms with Crippen molar-refractivity contribution in [3.63, 3.8) is 0 Å². The molecule has 0 amide bonds. The quantitative estimate of drug-likeness (QED) is 0.841. The van der Waals surface area contributed by atoms with E-state index in [1.807, 2.05) is 19.1 Å². The van der Waals surface area contributed by atoms with Crippen molar-refractivity contribution < 1.29 is 14.6 Å². The summed E-state index contributed by atoms with van der Waals surface area (Å²) >= 11 is 0. The van der Waals surface area contributed by atoms with Gasteiger partial charge in [0.15, 0.2) is 0 Å². The monoisotopic (exact) mass is 251 g/mol. The third-order valence-electron chi connectivity index (χ3n) is 3.44. The van der Waals surface area contributed by atoms with Crippen molar-refractivity contribution >= 4 is 0 Å². The first kappa shape index (κ1) is 13.2. The van der Waals surface area contributed by atoms with Gasteiger partial charge in [-0.15, -0.1) is 0 Å². The van der Waals surface area contributed by atoms with Gasteiger partial charge in [-0.3, -0.25) is 0 Å². The zero-order valence-corrected chi connectivity index (χ0v) is 11.2. The van der Waals surface area contributed by atoms with E-state index in [9.17, 15) is 5.11 Å². The van der Waals surface area contributed by atoms with E-state index in [0.29, 0.717) is 5.75 Å². The van der Waals surface area contributed by atoms with Gasteiger partial charge < -0.3 is 19.9 Å². The van der Waals surface area contributed by atoms with Crippen LogP contribution in [-0.4, -0.2) is 32.0 Å². The molecule has 0 aromatic heterocycles. The Morgan fingerprint density at radius 2 is 2.22 bits per heavy atom. The van der Waals surface area contributed by atoms with E-state index >= 15 is 0 Å². The van der Waals surface area contributed by atoms with Gasteiger partial charge in [-0.2, -0.15) is 0 Å². The molecule has 1 aromatic carbocycles. The maximum Gasteiger partial charge on any atom is 0.124 e. The molecule has 18 heavy (non-hydrogen) atoms. The maximum atomic E-state index is 9.95. The largest absolute Gasteiger partial charge is 0.507 e. The molecule has 1 atom stereocenters. The molecule has 0 saturated carbocycles. The Hall–Kier alpha value is -1.26. The molecule has 4 nitrogen and oxygen atoms in total. The van der Waals surface area contributed by atoms with Gasteiger partial charge in [0.25, 0.3) is 0 Å². The van der Waals surface area contributed by atoms with E-state index in [1.165, 1.54) is 0 Å². The lowest BCUT2D eigenvalue weighted by Crippen LogP contribution is -2.47. The molecule has 0 radical (unpaired) electrons. The highest BCUT2D eigenvalue weighted by Crippen LogP contribution is 2.30. The summed E-state index contributed by atoms with van der Waals surface area (Å²) in [6.07, 6.45) is 0. The van der Waals surface area contributed by atoms with Crippen LogP contribution in [0.4, 0.5) is 0 Å². The number of rotatable bonds is 5. The molecule has 0 spiro atoms. The van der Waals surface area contributed by atoms with Gasteiger partial charge >= 0.3 is 0 Å². The minimum Gasteiger partial charge on any atom is -0.507 e. The zero-order valence-electron chi connectivity index (χ0n) is 11.2. The lowest BCUT2D eigenvalue weighted by Gasteiger charge is -2.39. The van der Waals surface area contributed by atoms with E-state index < -0.39 is 0 Å². The molecule has 0 bridgehead atoms. The molecule has 1 unspecified atom stereocenters. The van der Waals surface area contributed by atoms with E-state index in [-0.39, 0.29) is 17.2 Å². The number of aromatic hydroxyl groups is 1. The number of ether oxygens (including phenoxy) is 2. The number of hydrogen-bond donors (Lipinski definition) is 2. The van der Waals surface area contributed by atoms with Crippen LogP contribution in [0, 0.1) is 5.41 Å². The van der Waals surface area contributed by atoms with Gasteiger partial charge in [0.2, 0.25) is 0 Å². The van der Waals surface area contributed by atoms with Crippen molar-refractivity contribution in [1.82, 2.24) is 5.32 Å². The fraction of sp³-hybridized carbons (Fsp3) is 0.571. The highest BCUT2D eigenvalue weighted by molar-refractivity contribution is 5.41. The number of phenolic OH excluding ortho intramolecular Hbond substituents is 1. The fourth-order valence-electron chi connectivity index (χ4n) is 2.08. The summed E-state index contributed by atoms with van der Waals surface area (Å²) in [5.74, 6) is 0.937. The van der Waals surface area contributed by atoms with Gasteiger partial charge in [-0.25, -0.2) is 0 Å². The van der Waals surface area contributed by atoms with Crippen molar-refractivity contribution in [1.29, 1.82) is 0 Å². The first-order valence-corrected chi connectivity index (χ1v) is 6.22. The Morgan fingerprint density at radius 1 is 1.50 bits per heavy atom. The molecule has 4 heteroatoms. The van der Waals surface area contributed by atoms with Gasteiger partial charge in [0.05, 0.1) is 20.3 Å². The first-order valence-electron chi connectivity index (χ1n) is 6.22. The van der Waals surface area contributed by atoms with Crippen LogP contribution in [-0.2, 0) is 4.74 Å². The van der Waals surface area contributed by atoms with Crippen molar-refractivity contribution in [2.75, 3.05) is 26.9 Å². The van der Waals surface area contributed by atoms with Crippen LogP contribution < -0.4 is 10.1 Å². The van der Waals surface area contributed by atoms with Crippen molar-refractivity contribution in [3.8, 4) is 11.5 Å². The van der Waals surface area contributed by atoms with Crippen LogP contribution in [0.3, 0.4) is 0 Å². The summed E-state index contributed by atoms with van der Waals surface area (Å²) in [4.78, 5) is 0. The number of phenols is 1. The third-order valence-corrected chi connectivity index (χ3v) is 3.44. The van der Waals surface area contributed by atoms with E-state index in [1.54, 1.807) is 13.2 Å². The Labute approximate surface area is 108 Å². The summed E-state index contributed by atoms with van der Waals surface area (Å²) in [6.45, 7) is 6.75. The molecular weight excluding hydrogens is 230 g/mol. The zero-order chi connectivity index (χ0) is 13.2.